The molecule has 8 nitrogen and oxygen atoms in total. The van der Waals surface area contributed by atoms with Gasteiger partial charge in [-0.15, -0.1) is 5.10 Å². The molecule has 0 aliphatic heterocycles. The average molecular weight is 403 g/mol. The van der Waals surface area contributed by atoms with E-state index in [2.05, 4.69) is 63.7 Å². The van der Waals surface area contributed by atoms with E-state index in [1.165, 1.54) is 5.56 Å². The van der Waals surface area contributed by atoms with Gasteiger partial charge in [0.15, 0.2) is 0 Å². The lowest BCUT2D eigenvalue weighted by atomic mass is 9.89. The molecule has 4 rings (SSSR count). The maximum Gasteiger partial charge on any atom is 0.313 e. The van der Waals surface area contributed by atoms with Crippen molar-refractivity contribution < 1.29 is 4.42 Å². The molecule has 0 aliphatic carbocycles. The summed E-state index contributed by atoms with van der Waals surface area (Å²) in [6, 6.07) is 16.5. The van der Waals surface area contributed by atoms with Crippen LogP contribution in [0.2, 0.25) is 0 Å². The van der Waals surface area contributed by atoms with Gasteiger partial charge >= 0.3 is 6.01 Å². The molecule has 2 aromatic heterocycles. The Bertz CT molecular complexity index is 1050. The monoisotopic (exact) mass is 403 g/mol. The highest BCUT2D eigenvalue weighted by molar-refractivity contribution is 5.64. The molecule has 8 heteroatoms. The molecule has 0 fully saturated rings. The third-order valence-electron chi connectivity index (χ3n) is 5.33. The first-order valence-corrected chi connectivity index (χ1v) is 10.1. The fourth-order valence-corrected chi connectivity index (χ4v) is 3.71. The predicted octanol–water partition coefficient (Wildman–Crippen LogP) is 4.68. The van der Waals surface area contributed by atoms with Crippen LogP contribution >= 0.6 is 0 Å². The van der Waals surface area contributed by atoms with Crippen molar-refractivity contribution in [2.24, 2.45) is 5.92 Å². The summed E-state index contributed by atoms with van der Waals surface area (Å²) in [7, 11) is 0. The molecule has 1 unspecified atom stereocenters. The summed E-state index contributed by atoms with van der Waals surface area (Å²) >= 11 is 0. The fourth-order valence-electron chi connectivity index (χ4n) is 3.71. The molecule has 0 amide bonds. The molecular formula is C22H25N7O. The molecule has 0 aliphatic rings. The van der Waals surface area contributed by atoms with E-state index in [1.807, 2.05) is 28.9 Å². The Hall–Kier alpha value is -3.68. The lowest BCUT2D eigenvalue weighted by molar-refractivity contribution is 0.332. The molecule has 3 N–H and O–H groups in total. The van der Waals surface area contributed by atoms with Crippen molar-refractivity contribution in [3.05, 3.63) is 66.7 Å². The first-order valence-electron chi connectivity index (χ1n) is 10.1. The van der Waals surface area contributed by atoms with Crippen LogP contribution in [0.1, 0.15) is 38.3 Å². The maximum absolute atomic E-state index is 5.49. The second kappa shape index (κ2) is 8.77. The molecule has 154 valence electrons. The van der Waals surface area contributed by atoms with E-state index in [0.29, 0.717) is 11.8 Å². The Morgan fingerprint density at radius 1 is 0.967 bits per heavy atom. The minimum atomic E-state index is 0.0601. The van der Waals surface area contributed by atoms with Gasteiger partial charge in [0.2, 0.25) is 5.89 Å². The van der Waals surface area contributed by atoms with Crippen molar-refractivity contribution in [1.29, 1.82) is 0 Å². The average Bonchev–Trinajstić information content (AvgIpc) is 3.45. The van der Waals surface area contributed by atoms with E-state index in [-0.39, 0.29) is 12.1 Å². The molecule has 4 aromatic rings. The van der Waals surface area contributed by atoms with Gasteiger partial charge in [0.25, 0.3) is 0 Å². The summed E-state index contributed by atoms with van der Waals surface area (Å²) < 4.78 is 7.22. The molecule has 2 heterocycles. The number of benzene rings is 2. The van der Waals surface area contributed by atoms with Crippen LogP contribution in [0, 0.1) is 5.92 Å². The number of nitrogens with zero attached hydrogens (tertiary/aromatic N) is 5. The van der Waals surface area contributed by atoms with E-state index in [9.17, 15) is 0 Å². The normalized spacial score (nSPS) is 12.2. The zero-order valence-corrected chi connectivity index (χ0v) is 17.1. The Morgan fingerprint density at radius 3 is 2.17 bits per heavy atom. The number of aromatic nitrogens is 5. The largest absolute Gasteiger partial charge is 0.404 e. The van der Waals surface area contributed by atoms with Crippen LogP contribution in [-0.4, -0.2) is 25.0 Å². The molecule has 0 saturated heterocycles. The van der Waals surface area contributed by atoms with Crippen LogP contribution in [0.25, 0.3) is 11.5 Å². The molecule has 0 saturated carbocycles. The zero-order chi connectivity index (χ0) is 20.9. The zero-order valence-electron chi connectivity index (χ0n) is 17.1. The van der Waals surface area contributed by atoms with Crippen molar-refractivity contribution in [3.8, 4) is 11.5 Å². The van der Waals surface area contributed by atoms with E-state index in [0.717, 1.165) is 29.8 Å². The van der Waals surface area contributed by atoms with Crippen molar-refractivity contribution in [1.82, 2.24) is 25.0 Å². The van der Waals surface area contributed by atoms with Crippen LogP contribution in [0.4, 0.5) is 17.4 Å². The van der Waals surface area contributed by atoms with Gasteiger partial charge in [-0.1, -0.05) is 43.9 Å². The van der Waals surface area contributed by atoms with Crippen molar-refractivity contribution >= 4 is 17.4 Å². The summed E-state index contributed by atoms with van der Waals surface area (Å²) in [4.78, 5) is 4.14. The predicted molar refractivity (Wildman–Crippen MR) is 116 cm³/mol. The van der Waals surface area contributed by atoms with Gasteiger partial charge in [-0.2, -0.15) is 5.10 Å². The number of rotatable bonds is 8. The Kier molecular flexibility index (Phi) is 5.74. The number of nitrogens with two attached hydrogens (primary N) is 1. The first kappa shape index (κ1) is 19.6. The van der Waals surface area contributed by atoms with Gasteiger partial charge in [0, 0.05) is 16.9 Å². The maximum atomic E-state index is 5.49. The van der Waals surface area contributed by atoms with Crippen LogP contribution in [0.5, 0.6) is 0 Å². The first-order chi connectivity index (χ1) is 14.7. The van der Waals surface area contributed by atoms with Gasteiger partial charge < -0.3 is 15.5 Å². The summed E-state index contributed by atoms with van der Waals surface area (Å²) in [5, 5.41) is 15.4. The molecule has 0 radical (unpaired) electrons. The summed E-state index contributed by atoms with van der Waals surface area (Å²) in [6.07, 6.45) is 5.56. The lowest BCUT2D eigenvalue weighted by Crippen LogP contribution is -2.20. The van der Waals surface area contributed by atoms with Gasteiger partial charge in [0.1, 0.15) is 12.7 Å². The summed E-state index contributed by atoms with van der Waals surface area (Å²) in [5.41, 5.74) is 9.51. The van der Waals surface area contributed by atoms with Crippen molar-refractivity contribution in [2.45, 2.75) is 32.7 Å². The fraction of sp³-hybridized carbons (Fsp3) is 0.273. The van der Waals surface area contributed by atoms with Crippen LogP contribution in [-0.2, 0) is 0 Å². The number of hydrogen-bond donors (Lipinski definition) is 2. The highest BCUT2D eigenvalue weighted by atomic mass is 16.4. The lowest BCUT2D eigenvalue weighted by Gasteiger charge is -2.26. The Morgan fingerprint density at radius 2 is 1.63 bits per heavy atom. The molecular weight excluding hydrogens is 378 g/mol. The van der Waals surface area contributed by atoms with E-state index in [1.54, 1.807) is 12.7 Å². The molecule has 0 bridgehead atoms. The number of anilines is 3. The van der Waals surface area contributed by atoms with Gasteiger partial charge in [0.05, 0.1) is 6.04 Å². The van der Waals surface area contributed by atoms with Crippen molar-refractivity contribution in [3.63, 3.8) is 0 Å². The van der Waals surface area contributed by atoms with Crippen LogP contribution in [0.3, 0.4) is 0 Å². The minimum Gasteiger partial charge on any atom is -0.404 e. The molecule has 1 atom stereocenters. The Balaban J connectivity index is 1.50. The number of nitrogen functional groups attached to an aromatic ring is 1. The SMILES string of the molecule is CCC(CC)C(c1ccc(Nc2ccc(-c3nnc(N)o3)cc2)cc1)n1cncn1. The third-order valence-corrected chi connectivity index (χ3v) is 5.33. The smallest absolute Gasteiger partial charge is 0.313 e. The molecule has 2 aromatic carbocycles. The van der Waals surface area contributed by atoms with Crippen molar-refractivity contribution in [2.75, 3.05) is 11.1 Å². The quantitative estimate of drug-likeness (QED) is 0.440. The van der Waals surface area contributed by atoms with E-state index >= 15 is 0 Å². The number of nitrogens with one attached hydrogen (secondary N) is 1. The topological polar surface area (TPSA) is 108 Å². The van der Waals surface area contributed by atoms with E-state index < -0.39 is 0 Å². The second-order valence-corrected chi connectivity index (χ2v) is 7.17. The number of hydrogen-bond acceptors (Lipinski definition) is 7. The summed E-state index contributed by atoms with van der Waals surface area (Å²) in [5.74, 6) is 0.903. The van der Waals surface area contributed by atoms with Gasteiger partial charge in [-0.25, -0.2) is 9.67 Å². The van der Waals surface area contributed by atoms with Crippen LogP contribution in [0.15, 0.2) is 65.6 Å². The standard InChI is InChI=1S/C22H25N7O/c1-3-15(4-2)20(29-14-24-13-25-29)16-5-9-18(10-6-16)26-19-11-7-17(8-12-19)21-27-28-22(23)30-21/h5-15,20,26H,3-4H2,1-2H3,(H2,23,28). The highest BCUT2D eigenvalue weighted by Crippen LogP contribution is 2.32. The van der Waals surface area contributed by atoms with Gasteiger partial charge in [-0.05, 0) is 47.9 Å². The second-order valence-electron chi connectivity index (χ2n) is 7.17. The molecule has 0 spiro atoms. The molecule has 30 heavy (non-hydrogen) atoms. The van der Waals surface area contributed by atoms with E-state index in [4.69, 9.17) is 10.2 Å². The van der Waals surface area contributed by atoms with Crippen LogP contribution < -0.4 is 11.1 Å². The minimum absolute atomic E-state index is 0.0601. The third kappa shape index (κ3) is 4.17. The highest BCUT2D eigenvalue weighted by Gasteiger charge is 2.23. The Labute approximate surface area is 175 Å². The van der Waals surface area contributed by atoms with Gasteiger partial charge in [-0.3, -0.25) is 0 Å². The summed E-state index contributed by atoms with van der Waals surface area (Å²) in [6.45, 7) is 4.45.